The summed E-state index contributed by atoms with van der Waals surface area (Å²) >= 11 is 11.8. The molecule has 6 aromatic rings. The number of aromatic nitrogens is 10. The van der Waals surface area contributed by atoms with Crippen LogP contribution in [0.3, 0.4) is 0 Å². The summed E-state index contributed by atoms with van der Waals surface area (Å²) in [5.41, 5.74) is -3.45. The molecule has 7 rings (SSSR count). The molecule has 0 saturated heterocycles. The largest absolute Gasteiger partial charge is 0.326 e. The Morgan fingerprint density at radius 1 is 0.708 bits per heavy atom. The van der Waals surface area contributed by atoms with Crippen LogP contribution in [-0.2, 0) is 10.2 Å². The highest BCUT2D eigenvalue weighted by molar-refractivity contribution is 6.31. The van der Waals surface area contributed by atoms with Gasteiger partial charge in [-0.2, -0.15) is 9.03 Å². The van der Waals surface area contributed by atoms with E-state index in [0.717, 1.165) is 9.03 Å². The van der Waals surface area contributed by atoms with Crippen molar-refractivity contribution in [1.29, 1.82) is 0 Å². The van der Waals surface area contributed by atoms with Crippen molar-refractivity contribution in [3.8, 4) is 0 Å². The molecule has 48 heavy (non-hydrogen) atoms. The maximum Gasteiger partial charge on any atom is 0.326 e. The average molecular weight is 691 g/mol. The highest BCUT2D eigenvalue weighted by Crippen LogP contribution is 2.40. The van der Waals surface area contributed by atoms with Gasteiger partial charge in [0.2, 0.25) is 0 Å². The number of urea groups is 2. The third-order valence-corrected chi connectivity index (χ3v) is 7.93. The van der Waals surface area contributed by atoms with Gasteiger partial charge in [0.25, 0.3) is 34.6 Å². The molecule has 0 aliphatic heterocycles. The van der Waals surface area contributed by atoms with Gasteiger partial charge in [0.15, 0.2) is 5.78 Å². The Labute approximate surface area is 276 Å². The second-order valence-electron chi connectivity index (χ2n) is 10.5. The van der Waals surface area contributed by atoms with Gasteiger partial charge in [-0.25, -0.2) is 19.6 Å². The molecular formula is C27H20Cl2N14O5. The minimum absolute atomic E-state index is 0.0222. The zero-order chi connectivity index (χ0) is 33.6. The fraction of sp³-hybridized carbons (Fsp3) is 0.148. The maximum atomic E-state index is 13.6. The first-order valence-corrected chi connectivity index (χ1v) is 14.8. The molecule has 0 spiro atoms. The summed E-state index contributed by atoms with van der Waals surface area (Å²) in [5, 5.41) is 31.6. The Morgan fingerprint density at radius 3 is 1.79 bits per heavy atom. The minimum atomic E-state index is -1.88. The molecule has 242 valence electrons. The van der Waals surface area contributed by atoms with Crippen molar-refractivity contribution >= 4 is 75.9 Å². The van der Waals surface area contributed by atoms with Crippen molar-refractivity contribution in [2.24, 2.45) is 0 Å². The molecule has 1 aliphatic rings. The summed E-state index contributed by atoms with van der Waals surface area (Å²) in [6, 6.07) is 11.4. The first kappa shape index (κ1) is 30.4. The lowest BCUT2D eigenvalue weighted by Gasteiger charge is -2.24. The van der Waals surface area contributed by atoms with Gasteiger partial charge >= 0.3 is 12.1 Å². The Morgan fingerprint density at radius 2 is 1.27 bits per heavy atom. The molecule has 4 aromatic heterocycles. The van der Waals surface area contributed by atoms with Crippen LogP contribution in [0.25, 0.3) is 11.6 Å². The molecule has 1 fully saturated rings. The second kappa shape index (κ2) is 11.9. The first-order chi connectivity index (χ1) is 23.1. The van der Waals surface area contributed by atoms with E-state index >= 15 is 0 Å². The van der Waals surface area contributed by atoms with Crippen molar-refractivity contribution in [2.75, 3.05) is 21.3 Å². The number of hydrogen-bond donors (Lipinski definition) is 6. The van der Waals surface area contributed by atoms with Crippen molar-refractivity contribution in [1.82, 2.24) is 49.6 Å². The number of Topliss-reactive ketones (excluding diaryl/α,β-unsaturated/α-hetero) is 1. The number of nitrogens with zero attached hydrogens (tertiary/aromatic N) is 8. The van der Waals surface area contributed by atoms with Crippen molar-refractivity contribution in [2.45, 2.75) is 24.7 Å². The van der Waals surface area contributed by atoms with Crippen LogP contribution >= 0.6 is 23.2 Å². The van der Waals surface area contributed by atoms with Crippen LogP contribution in [-0.4, -0.2) is 67.4 Å². The van der Waals surface area contributed by atoms with Gasteiger partial charge < -0.3 is 10.6 Å². The van der Waals surface area contributed by atoms with Crippen LogP contribution < -0.4 is 32.4 Å². The van der Waals surface area contributed by atoms with Gasteiger partial charge in [0.1, 0.15) is 16.8 Å². The lowest BCUT2D eigenvalue weighted by molar-refractivity contribution is -0.121. The summed E-state index contributed by atoms with van der Waals surface area (Å²) in [5.74, 6) is -1.21. The van der Waals surface area contributed by atoms with E-state index in [4.69, 9.17) is 23.2 Å². The standard InChI is InChI=1S/C27H20Cl2N14O5/c28-12-6-8-14(9-7-12)30-25(47)34-23-38-36-21-32-17(19(45)40-42(21)23)27(10-2-5-16(27)44)18-20(46)41-43-22(33-18)37-39-24(43)35-26(48)31-15-4-1-3-13(29)11-15/h1,3-4,6-9,11H,2,5,10H2,(H,40,45)(H,41,46)(H2,30,34,38,47)(H2,31,35,39,48)/t27-/m0/s1. The summed E-state index contributed by atoms with van der Waals surface area (Å²) in [4.78, 5) is 74.4. The molecule has 4 heterocycles. The lowest BCUT2D eigenvalue weighted by atomic mass is 9.78. The summed E-state index contributed by atoms with van der Waals surface area (Å²) in [6.45, 7) is 0. The number of aromatic amines is 2. The number of ketones is 1. The fourth-order valence-corrected chi connectivity index (χ4v) is 5.68. The second-order valence-corrected chi connectivity index (χ2v) is 11.4. The molecule has 1 atom stereocenters. The highest BCUT2D eigenvalue weighted by Gasteiger charge is 2.51. The van der Waals surface area contributed by atoms with Crippen molar-refractivity contribution in [3.05, 3.63) is 90.7 Å². The zero-order valence-corrected chi connectivity index (χ0v) is 25.6. The molecule has 2 aromatic carbocycles. The van der Waals surface area contributed by atoms with Crippen LogP contribution in [0.1, 0.15) is 30.7 Å². The summed E-state index contributed by atoms with van der Waals surface area (Å²) < 4.78 is 2.04. The zero-order valence-electron chi connectivity index (χ0n) is 24.1. The number of rotatable bonds is 6. The number of H-pyrrole nitrogens is 2. The van der Waals surface area contributed by atoms with Gasteiger partial charge in [0, 0.05) is 27.8 Å². The topological polar surface area (TPSA) is 251 Å². The number of amides is 4. The highest BCUT2D eigenvalue weighted by atomic mass is 35.5. The number of benzene rings is 2. The van der Waals surface area contributed by atoms with Crippen molar-refractivity contribution < 1.29 is 14.4 Å². The van der Waals surface area contributed by atoms with E-state index in [-0.39, 0.29) is 47.7 Å². The van der Waals surface area contributed by atoms with Crippen LogP contribution in [0.2, 0.25) is 10.0 Å². The molecule has 21 heteroatoms. The van der Waals surface area contributed by atoms with Gasteiger partial charge in [-0.05, 0) is 55.3 Å². The number of hydrogen-bond acceptors (Lipinski definition) is 11. The molecule has 1 saturated carbocycles. The molecule has 6 N–H and O–H groups in total. The van der Waals surface area contributed by atoms with Gasteiger partial charge in [-0.3, -0.25) is 35.2 Å². The predicted molar refractivity (Wildman–Crippen MR) is 171 cm³/mol. The summed E-state index contributed by atoms with van der Waals surface area (Å²) in [6.07, 6.45) is 0.380. The van der Waals surface area contributed by atoms with E-state index in [1.165, 1.54) is 6.07 Å². The Bertz CT molecular complexity index is 2380. The van der Waals surface area contributed by atoms with E-state index in [1.54, 1.807) is 42.5 Å². The van der Waals surface area contributed by atoms with Crippen LogP contribution in [0, 0.1) is 0 Å². The minimum Gasteiger partial charge on any atom is -0.308 e. The predicted octanol–water partition coefficient (Wildman–Crippen LogP) is 2.57. The number of carbonyl (C=O) groups is 3. The van der Waals surface area contributed by atoms with Crippen LogP contribution in [0.15, 0.2) is 58.1 Å². The third-order valence-electron chi connectivity index (χ3n) is 7.45. The third kappa shape index (κ3) is 5.45. The molecule has 4 amide bonds. The summed E-state index contributed by atoms with van der Waals surface area (Å²) in [7, 11) is 0. The Kier molecular flexibility index (Phi) is 7.52. The lowest BCUT2D eigenvalue weighted by Crippen LogP contribution is -2.45. The van der Waals surface area contributed by atoms with E-state index < -0.39 is 34.4 Å². The first-order valence-electron chi connectivity index (χ1n) is 14.0. The molecule has 0 radical (unpaired) electrons. The normalized spacial score (nSPS) is 15.9. The van der Waals surface area contributed by atoms with E-state index in [0.29, 0.717) is 27.8 Å². The molecule has 1 aliphatic carbocycles. The fourth-order valence-electron chi connectivity index (χ4n) is 5.36. The molecular weight excluding hydrogens is 671 g/mol. The smallest absolute Gasteiger partial charge is 0.308 e. The number of carbonyl (C=O) groups excluding carboxylic acids is 3. The van der Waals surface area contributed by atoms with Gasteiger partial charge in [-0.15, -0.1) is 20.4 Å². The maximum absolute atomic E-state index is 13.6. The molecule has 0 unspecified atom stereocenters. The van der Waals surface area contributed by atoms with E-state index in [1.807, 2.05) is 0 Å². The van der Waals surface area contributed by atoms with Crippen LogP contribution in [0.5, 0.6) is 0 Å². The number of fused-ring (bicyclic) bond motifs is 2. The molecule has 0 bridgehead atoms. The van der Waals surface area contributed by atoms with E-state index in [9.17, 15) is 24.0 Å². The SMILES string of the molecule is O=C(Nc1ccc(Cl)cc1)Nc1nnc2nc([C@]3(c4nc5nnc(NC(=O)Nc6cccc(Cl)c6)n5[nH]c4=O)CCCC3=O)c(=O)[nH]n12. The van der Waals surface area contributed by atoms with Crippen molar-refractivity contribution in [3.63, 3.8) is 0 Å². The quantitative estimate of drug-likeness (QED) is 0.148. The van der Waals surface area contributed by atoms with Gasteiger partial charge in [0.05, 0.1) is 0 Å². The molecule has 19 nitrogen and oxygen atoms in total. The monoisotopic (exact) mass is 690 g/mol. The van der Waals surface area contributed by atoms with Crippen LogP contribution in [0.4, 0.5) is 32.9 Å². The average Bonchev–Trinajstić information content (AvgIpc) is 3.74. The number of halogens is 2. The number of nitrogens with one attached hydrogen (secondary N) is 6. The Balaban J connectivity index is 1.20. The number of anilines is 4. The Hall–Kier alpha value is -6.21. The van der Waals surface area contributed by atoms with Gasteiger partial charge in [-0.1, -0.05) is 29.3 Å². The van der Waals surface area contributed by atoms with E-state index in [2.05, 4.69) is 61.8 Å².